The lowest BCUT2D eigenvalue weighted by atomic mass is 10.2. The van der Waals surface area contributed by atoms with Crippen LogP contribution in [-0.4, -0.2) is 36.1 Å². The van der Waals surface area contributed by atoms with Gasteiger partial charge in [0.15, 0.2) is 11.6 Å². The van der Waals surface area contributed by atoms with Gasteiger partial charge >= 0.3 is 0 Å². The third-order valence-electron chi connectivity index (χ3n) is 4.30. The molecule has 2 aromatic rings. The van der Waals surface area contributed by atoms with Gasteiger partial charge in [-0.1, -0.05) is 0 Å². The molecule has 0 unspecified atom stereocenters. The minimum atomic E-state index is -0.579. The SMILES string of the molecule is COc1ccc(C(=O)Nc2c(C)nc(N3CCCC3)nc2C)cc1F. The second-order valence-corrected chi connectivity index (χ2v) is 6.07. The molecule has 2 heterocycles. The van der Waals surface area contributed by atoms with Crippen LogP contribution in [0.25, 0.3) is 0 Å². The van der Waals surface area contributed by atoms with Crippen molar-refractivity contribution in [1.29, 1.82) is 0 Å². The van der Waals surface area contributed by atoms with Gasteiger partial charge in [0.25, 0.3) is 5.91 Å². The normalized spacial score (nSPS) is 13.8. The van der Waals surface area contributed by atoms with Gasteiger partial charge in [0.1, 0.15) is 0 Å². The number of hydrogen-bond donors (Lipinski definition) is 1. The van der Waals surface area contributed by atoms with E-state index in [1.807, 2.05) is 13.8 Å². The maximum absolute atomic E-state index is 13.8. The minimum absolute atomic E-state index is 0.0993. The number of halogens is 1. The van der Waals surface area contributed by atoms with E-state index >= 15 is 0 Å². The number of ether oxygens (including phenoxy) is 1. The molecule has 1 N–H and O–H groups in total. The molecule has 0 saturated carbocycles. The van der Waals surface area contributed by atoms with Crippen LogP contribution in [-0.2, 0) is 0 Å². The highest BCUT2D eigenvalue weighted by molar-refractivity contribution is 6.04. The number of methoxy groups -OCH3 is 1. The third kappa shape index (κ3) is 3.55. The number of hydrogen-bond acceptors (Lipinski definition) is 5. The lowest BCUT2D eigenvalue weighted by molar-refractivity contribution is 0.102. The zero-order valence-corrected chi connectivity index (χ0v) is 14.6. The van der Waals surface area contributed by atoms with E-state index in [4.69, 9.17) is 4.74 Å². The van der Waals surface area contributed by atoms with Crippen molar-refractivity contribution in [3.8, 4) is 5.75 Å². The summed E-state index contributed by atoms with van der Waals surface area (Å²) in [7, 11) is 1.38. The van der Waals surface area contributed by atoms with Crippen LogP contribution in [0.4, 0.5) is 16.0 Å². The Hall–Kier alpha value is -2.70. The van der Waals surface area contributed by atoms with Crippen molar-refractivity contribution in [1.82, 2.24) is 9.97 Å². The molecule has 1 fully saturated rings. The molecule has 0 bridgehead atoms. The van der Waals surface area contributed by atoms with Crippen LogP contribution in [0.5, 0.6) is 5.75 Å². The molecule has 6 nitrogen and oxygen atoms in total. The predicted molar refractivity (Wildman–Crippen MR) is 93.9 cm³/mol. The van der Waals surface area contributed by atoms with E-state index in [2.05, 4.69) is 20.2 Å². The van der Waals surface area contributed by atoms with E-state index < -0.39 is 11.7 Å². The summed E-state index contributed by atoms with van der Waals surface area (Å²) >= 11 is 0. The Kier molecular flexibility index (Phi) is 4.83. The van der Waals surface area contributed by atoms with Gasteiger partial charge in [-0.3, -0.25) is 4.79 Å². The Morgan fingerprint density at radius 3 is 2.40 bits per heavy atom. The second kappa shape index (κ2) is 7.04. The van der Waals surface area contributed by atoms with Crippen LogP contribution < -0.4 is 15.0 Å². The Labute approximate surface area is 146 Å². The van der Waals surface area contributed by atoms with Gasteiger partial charge in [-0.25, -0.2) is 14.4 Å². The van der Waals surface area contributed by atoms with E-state index in [-0.39, 0.29) is 11.3 Å². The molecule has 25 heavy (non-hydrogen) atoms. The van der Waals surface area contributed by atoms with Gasteiger partial charge in [-0.15, -0.1) is 0 Å². The van der Waals surface area contributed by atoms with Crippen LogP contribution in [0.2, 0.25) is 0 Å². The fourth-order valence-corrected chi connectivity index (χ4v) is 2.93. The largest absolute Gasteiger partial charge is 0.494 e. The molecule has 0 spiro atoms. The molecule has 1 aliphatic rings. The molecule has 0 atom stereocenters. The zero-order valence-electron chi connectivity index (χ0n) is 14.6. The fraction of sp³-hybridized carbons (Fsp3) is 0.389. The average molecular weight is 344 g/mol. The quantitative estimate of drug-likeness (QED) is 0.923. The number of carbonyl (C=O) groups excluding carboxylic acids is 1. The Bertz CT molecular complexity index is 781. The molecule has 1 aromatic carbocycles. The van der Waals surface area contributed by atoms with Gasteiger partial charge in [0.2, 0.25) is 5.95 Å². The molecule has 0 aliphatic carbocycles. The zero-order chi connectivity index (χ0) is 18.0. The number of aromatic nitrogens is 2. The first-order valence-electron chi connectivity index (χ1n) is 8.24. The van der Waals surface area contributed by atoms with Crippen molar-refractivity contribution < 1.29 is 13.9 Å². The molecule has 1 saturated heterocycles. The van der Waals surface area contributed by atoms with Crippen LogP contribution in [0, 0.1) is 19.7 Å². The smallest absolute Gasteiger partial charge is 0.255 e. The average Bonchev–Trinajstić information content (AvgIpc) is 3.12. The van der Waals surface area contributed by atoms with Crippen LogP contribution in [0.3, 0.4) is 0 Å². The number of nitrogens with one attached hydrogen (secondary N) is 1. The molecular weight excluding hydrogens is 323 g/mol. The molecule has 7 heteroatoms. The maximum Gasteiger partial charge on any atom is 0.255 e. The lowest BCUT2D eigenvalue weighted by Crippen LogP contribution is -2.22. The summed E-state index contributed by atoms with van der Waals surface area (Å²) in [5.74, 6) is -0.197. The van der Waals surface area contributed by atoms with Gasteiger partial charge in [-0.2, -0.15) is 0 Å². The van der Waals surface area contributed by atoms with E-state index in [1.54, 1.807) is 0 Å². The number of rotatable bonds is 4. The van der Waals surface area contributed by atoms with Crippen molar-refractivity contribution in [2.24, 2.45) is 0 Å². The van der Waals surface area contributed by atoms with E-state index in [1.165, 1.54) is 19.2 Å². The van der Waals surface area contributed by atoms with Gasteiger partial charge in [-0.05, 0) is 44.9 Å². The molecule has 0 radical (unpaired) electrons. The summed E-state index contributed by atoms with van der Waals surface area (Å²) in [5.41, 5.74) is 2.15. The van der Waals surface area contributed by atoms with Crippen molar-refractivity contribution in [3.05, 3.63) is 41.0 Å². The molecule has 3 rings (SSSR count). The summed E-state index contributed by atoms with van der Waals surface area (Å²) in [6, 6.07) is 4.09. The van der Waals surface area contributed by atoms with Crippen LogP contribution in [0.15, 0.2) is 18.2 Å². The first-order chi connectivity index (χ1) is 12.0. The van der Waals surface area contributed by atoms with Crippen molar-refractivity contribution >= 4 is 17.5 Å². The van der Waals surface area contributed by atoms with Crippen LogP contribution >= 0.6 is 0 Å². The fourth-order valence-electron chi connectivity index (χ4n) is 2.93. The lowest BCUT2D eigenvalue weighted by Gasteiger charge is -2.18. The van der Waals surface area contributed by atoms with E-state index in [9.17, 15) is 9.18 Å². The van der Waals surface area contributed by atoms with E-state index in [0.717, 1.165) is 32.0 Å². The predicted octanol–water partition coefficient (Wildman–Crippen LogP) is 3.09. The highest BCUT2D eigenvalue weighted by Gasteiger charge is 2.19. The first-order valence-corrected chi connectivity index (χ1v) is 8.24. The Balaban J connectivity index is 1.82. The highest BCUT2D eigenvalue weighted by Crippen LogP contribution is 2.24. The first kappa shape index (κ1) is 17.1. The third-order valence-corrected chi connectivity index (χ3v) is 4.30. The Morgan fingerprint density at radius 1 is 1.20 bits per heavy atom. The summed E-state index contributed by atoms with van der Waals surface area (Å²) in [4.78, 5) is 23.6. The number of aryl methyl sites for hydroxylation is 2. The second-order valence-electron chi connectivity index (χ2n) is 6.07. The number of amides is 1. The number of anilines is 2. The molecule has 1 aliphatic heterocycles. The van der Waals surface area contributed by atoms with Crippen molar-refractivity contribution in [3.63, 3.8) is 0 Å². The summed E-state index contributed by atoms with van der Waals surface area (Å²) in [6.45, 7) is 5.57. The number of carbonyl (C=O) groups is 1. The number of nitrogens with zero attached hydrogens (tertiary/aromatic N) is 3. The summed E-state index contributed by atoms with van der Waals surface area (Å²) in [5, 5.41) is 2.79. The topological polar surface area (TPSA) is 67.3 Å². The minimum Gasteiger partial charge on any atom is -0.494 e. The standard InChI is InChI=1S/C18H21FN4O2/c1-11-16(12(2)21-18(20-11)23-8-4-5-9-23)22-17(24)13-6-7-15(25-3)14(19)10-13/h6-7,10H,4-5,8-9H2,1-3H3,(H,22,24). The summed E-state index contributed by atoms with van der Waals surface area (Å²) < 4.78 is 18.7. The van der Waals surface area contributed by atoms with E-state index in [0.29, 0.717) is 23.0 Å². The monoisotopic (exact) mass is 344 g/mol. The molecule has 132 valence electrons. The van der Waals surface area contributed by atoms with Gasteiger partial charge in [0, 0.05) is 18.7 Å². The van der Waals surface area contributed by atoms with Gasteiger partial charge in [0.05, 0.1) is 24.2 Å². The van der Waals surface area contributed by atoms with Gasteiger partial charge < -0.3 is 15.0 Å². The Morgan fingerprint density at radius 2 is 1.84 bits per heavy atom. The van der Waals surface area contributed by atoms with Crippen molar-refractivity contribution in [2.45, 2.75) is 26.7 Å². The maximum atomic E-state index is 13.8. The molecule has 1 amide bonds. The highest BCUT2D eigenvalue weighted by atomic mass is 19.1. The van der Waals surface area contributed by atoms with Crippen molar-refractivity contribution in [2.75, 3.05) is 30.4 Å². The molecular formula is C18H21FN4O2. The van der Waals surface area contributed by atoms with Crippen LogP contribution in [0.1, 0.15) is 34.6 Å². The molecule has 1 aromatic heterocycles. The number of benzene rings is 1. The summed E-state index contributed by atoms with van der Waals surface area (Å²) in [6.07, 6.45) is 2.28.